The molecule has 3 N–H and O–H groups in total. The zero-order valence-corrected chi connectivity index (χ0v) is 23.9. The summed E-state index contributed by atoms with van der Waals surface area (Å²) < 4.78 is 23.1. The minimum Gasteiger partial charge on any atom is -0.394 e. The van der Waals surface area contributed by atoms with E-state index >= 15 is 0 Å². The maximum Gasteiger partial charge on any atom is 0.222 e. The molecule has 0 aromatic rings. The summed E-state index contributed by atoms with van der Waals surface area (Å²) >= 11 is 0. The number of carbonyl (C=O) groups is 1. The molecule has 9 atom stereocenters. The van der Waals surface area contributed by atoms with Crippen LogP contribution in [-0.4, -0.2) is 85.7 Å². The van der Waals surface area contributed by atoms with E-state index in [0.29, 0.717) is 25.0 Å². The lowest BCUT2D eigenvalue weighted by Gasteiger charge is -2.35. The van der Waals surface area contributed by atoms with Crippen LogP contribution in [0.3, 0.4) is 0 Å². The van der Waals surface area contributed by atoms with Crippen LogP contribution in [0.4, 0.5) is 0 Å². The SMILES string of the molecule is CO[C@H]([C@@H](C)[C@H]1O[C@]1(C)C[C@H](C)/C=C/C=C(\C)[C@H]1O[C@@H](CNC(=O)CCOCCO)CC[C@@H]1C)[C@@H](C)O. The molecule has 214 valence electrons. The number of epoxide rings is 1. The molecule has 0 bridgehead atoms. The van der Waals surface area contributed by atoms with Crippen LogP contribution in [0, 0.1) is 17.8 Å². The Kier molecular flexibility index (Phi) is 13.2. The fraction of sp³-hybridized carbons (Fsp3) is 0.828. The van der Waals surface area contributed by atoms with Gasteiger partial charge in [-0.25, -0.2) is 0 Å². The summed E-state index contributed by atoms with van der Waals surface area (Å²) in [6.07, 6.45) is 9.00. The number of nitrogens with one attached hydrogen (secondary N) is 1. The first kappa shape index (κ1) is 31.9. The van der Waals surface area contributed by atoms with Gasteiger partial charge in [-0.15, -0.1) is 0 Å². The molecule has 2 heterocycles. The average Bonchev–Trinajstić information content (AvgIpc) is 3.51. The zero-order valence-electron chi connectivity index (χ0n) is 23.9. The number of amides is 1. The van der Waals surface area contributed by atoms with Crippen LogP contribution < -0.4 is 5.32 Å². The van der Waals surface area contributed by atoms with E-state index in [1.807, 2.05) is 0 Å². The van der Waals surface area contributed by atoms with Crippen molar-refractivity contribution in [2.75, 3.05) is 33.5 Å². The van der Waals surface area contributed by atoms with Gasteiger partial charge in [0.2, 0.25) is 5.91 Å². The quantitative estimate of drug-likeness (QED) is 0.161. The van der Waals surface area contributed by atoms with E-state index in [2.05, 4.69) is 58.2 Å². The summed E-state index contributed by atoms with van der Waals surface area (Å²) in [6, 6.07) is 0. The summed E-state index contributed by atoms with van der Waals surface area (Å²) in [5.74, 6) is 0.822. The second kappa shape index (κ2) is 15.3. The molecular weight excluding hydrogens is 474 g/mol. The third-order valence-corrected chi connectivity index (χ3v) is 7.69. The van der Waals surface area contributed by atoms with Crippen molar-refractivity contribution in [3.63, 3.8) is 0 Å². The van der Waals surface area contributed by atoms with Crippen molar-refractivity contribution in [3.8, 4) is 0 Å². The van der Waals surface area contributed by atoms with Gasteiger partial charge in [-0.2, -0.15) is 0 Å². The largest absolute Gasteiger partial charge is 0.394 e. The molecule has 2 rings (SSSR count). The van der Waals surface area contributed by atoms with Gasteiger partial charge in [-0.05, 0) is 57.4 Å². The lowest BCUT2D eigenvalue weighted by molar-refractivity contribution is -0.124. The van der Waals surface area contributed by atoms with Crippen LogP contribution in [0.15, 0.2) is 23.8 Å². The van der Waals surface area contributed by atoms with Crippen molar-refractivity contribution in [2.24, 2.45) is 17.8 Å². The van der Waals surface area contributed by atoms with Crippen molar-refractivity contribution in [3.05, 3.63) is 23.8 Å². The Bertz CT molecular complexity index is 755. The summed E-state index contributed by atoms with van der Waals surface area (Å²) in [5.41, 5.74) is 0.988. The number of aliphatic hydroxyl groups is 2. The first-order valence-corrected chi connectivity index (χ1v) is 13.9. The summed E-state index contributed by atoms with van der Waals surface area (Å²) in [6.45, 7) is 13.5. The highest BCUT2D eigenvalue weighted by atomic mass is 16.6. The molecule has 8 heteroatoms. The molecule has 0 spiro atoms. The molecule has 0 saturated carbocycles. The van der Waals surface area contributed by atoms with Crippen molar-refractivity contribution in [1.82, 2.24) is 5.32 Å². The summed E-state index contributed by atoms with van der Waals surface area (Å²) in [4.78, 5) is 12.0. The van der Waals surface area contributed by atoms with E-state index in [1.165, 1.54) is 5.57 Å². The predicted molar refractivity (Wildman–Crippen MR) is 144 cm³/mol. The normalized spacial score (nSPS) is 31.6. The van der Waals surface area contributed by atoms with Crippen molar-refractivity contribution in [1.29, 1.82) is 0 Å². The fourth-order valence-corrected chi connectivity index (χ4v) is 5.67. The molecule has 2 aliphatic heterocycles. The Hall–Kier alpha value is -1.29. The van der Waals surface area contributed by atoms with Gasteiger partial charge in [0.25, 0.3) is 0 Å². The molecule has 0 aromatic heterocycles. The lowest BCUT2D eigenvalue weighted by Crippen LogP contribution is -2.41. The van der Waals surface area contributed by atoms with Gasteiger partial charge in [0, 0.05) is 26.0 Å². The number of allylic oxidation sites excluding steroid dienone is 3. The lowest BCUT2D eigenvalue weighted by atomic mass is 9.85. The number of methoxy groups -OCH3 is 1. The highest BCUT2D eigenvalue weighted by Crippen LogP contribution is 2.47. The second-order valence-electron chi connectivity index (χ2n) is 11.3. The molecule has 2 aliphatic rings. The number of aliphatic hydroxyl groups excluding tert-OH is 2. The van der Waals surface area contributed by atoms with Gasteiger partial charge in [0.05, 0.1) is 55.9 Å². The molecule has 0 radical (unpaired) electrons. The van der Waals surface area contributed by atoms with Crippen molar-refractivity contribution >= 4 is 5.91 Å². The maximum atomic E-state index is 12.0. The number of hydrogen-bond acceptors (Lipinski definition) is 7. The molecule has 0 aromatic carbocycles. The Morgan fingerprint density at radius 2 is 1.97 bits per heavy atom. The van der Waals surface area contributed by atoms with E-state index in [1.54, 1.807) is 14.0 Å². The van der Waals surface area contributed by atoms with Gasteiger partial charge in [-0.1, -0.05) is 39.0 Å². The zero-order chi connectivity index (χ0) is 27.6. The molecule has 1 amide bonds. The van der Waals surface area contributed by atoms with Crippen LogP contribution in [0.25, 0.3) is 0 Å². The Morgan fingerprint density at radius 3 is 2.62 bits per heavy atom. The van der Waals surface area contributed by atoms with E-state index in [0.717, 1.165) is 19.3 Å². The number of hydrogen-bond donors (Lipinski definition) is 3. The standard InChI is InChI=1S/C29H51NO7/c1-19(17-29(6)28(37-29)22(4)27(34-7)23(5)32)9-8-10-20(2)26-21(3)11-12-24(36-26)18-30-25(33)13-15-35-16-14-31/h8-10,19,21-24,26-28,31-32H,11-18H2,1-7H3,(H,30,33)/b9-8+,20-10+/t19-,21+,22-,23-,24-,26-,27-,28-,29-/m1/s1. The van der Waals surface area contributed by atoms with Gasteiger partial charge >= 0.3 is 0 Å². The molecule has 0 aliphatic carbocycles. The van der Waals surface area contributed by atoms with Gasteiger partial charge in [0.1, 0.15) is 0 Å². The molecule has 8 nitrogen and oxygen atoms in total. The van der Waals surface area contributed by atoms with Gasteiger partial charge < -0.3 is 34.5 Å². The van der Waals surface area contributed by atoms with Gasteiger partial charge in [-0.3, -0.25) is 4.79 Å². The Balaban J connectivity index is 1.81. The smallest absolute Gasteiger partial charge is 0.222 e. The Labute approximate surface area is 223 Å². The number of rotatable bonds is 16. The second-order valence-corrected chi connectivity index (χ2v) is 11.3. The highest BCUT2D eigenvalue weighted by molar-refractivity contribution is 5.75. The fourth-order valence-electron chi connectivity index (χ4n) is 5.67. The average molecular weight is 526 g/mol. The van der Waals surface area contributed by atoms with E-state index < -0.39 is 6.10 Å². The Morgan fingerprint density at radius 1 is 1.24 bits per heavy atom. The van der Waals surface area contributed by atoms with Crippen LogP contribution in [-0.2, 0) is 23.7 Å². The van der Waals surface area contributed by atoms with Crippen LogP contribution in [0.1, 0.15) is 67.2 Å². The highest BCUT2D eigenvalue weighted by Gasteiger charge is 2.56. The van der Waals surface area contributed by atoms with E-state index in [-0.39, 0.29) is 61.5 Å². The predicted octanol–water partition coefficient (Wildman–Crippen LogP) is 3.40. The van der Waals surface area contributed by atoms with E-state index in [4.69, 9.17) is 24.1 Å². The molecule has 2 saturated heterocycles. The molecule has 2 fully saturated rings. The van der Waals surface area contributed by atoms with Crippen LogP contribution >= 0.6 is 0 Å². The number of carbonyl (C=O) groups excluding carboxylic acids is 1. The van der Waals surface area contributed by atoms with Crippen LogP contribution in [0.2, 0.25) is 0 Å². The minimum atomic E-state index is -0.531. The molecule has 0 unspecified atom stereocenters. The summed E-state index contributed by atoms with van der Waals surface area (Å²) in [5, 5.41) is 21.7. The summed E-state index contributed by atoms with van der Waals surface area (Å²) in [7, 11) is 1.64. The molecule has 37 heavy (non-hydrogen) atoms. The van der Waals surface area contributed by atoms with Gasteiger partial charge in [0.15, 0.2) is 0 Å². The van der Waals surface area contributed by atoms with Crippen molar-refractivity contribution < 1.29 is 34.0 Å². The monoisotopic (exact) mass is 525 g/mol. The van der Waals surface area contributed by atoms with E-state index in [9.17, 15) is 9.90 Å². The minimum absolute atomic E-state index is 0.00165. The first-order chi connectivity index (χ1) is 17.5. The molecular formula is C29H51NO7. The van der Waals surface area contributed by atoms with Crippen LogP contribution in [0.5, 0.6) is 0 Å². The third kappa shape index (κ3) is 10.1. The third-order valence-electron chi connectivity index (χ3n) is 7.69. The first-order valence-electron chi connectivity index (χ1n) is 13.9. The maximum absolute atomic E-state index is 12.0. The van der Waals surface area contributed by atoms with Crippen molar-refractivity contribution in [2.45, 2.75) is 103 Å². The number of ether oxygens (including phenoxy) is 4. The topological polar surface area (TPSA) is 110 Å².